The Morgan fingerprint density at radius 2 is 1.70 bits per heavy atom. The van der Waals surface area contributed by atoms with Crippen LogP contribution in [-0.4, -0.2) is 10.8 Å². The van der Waals surface area contributed by atoms with E-state index < -0.39 is 0 Å². The second-order valence-electron chi connectivity index (χ2n) is 8.50. The van der Waals surface area contributed by atoms with Crippen molar-refractivity contribution in [2.75, 3.05) is 0 Å². The summed E-state index contributed by atoms with van der Waals surface area (Å²) in [6, 6.07) is 26.4. The molecule has 33 heavy (non-hydrogen) atoms. The van der Waals surface area contributed by atoms with Gasteiger partial charge in [0.25, 0.3) is 0 Å². The lowest BCUT2D eigenvalue weighted by Crippen LogP contribution is -2.05. The van der Waals surface area contributed by atoms with Crippen molar-refractivity contribution in [1.82, 2.24) is 4.98 Å². The smallest absolute Gasteiger partial charge is 0.137 e. The molecule has 0 spiro atoms. The molecule has 4 aromatic rings. The summed E-state index contributed by atoms with van der Waals surface area (Å²) in [7, 11) is 0. The van der Waals surface area contributed by atoms with Crippen LogP contribution in [-0.2, 0) is 17.8 Å². The van der Waals surface area contributed by atoms with E-state index in [4.69, 9.17) is 4.74 Å². The van der Waals surface area contributed by atoms with Crippen LogP contribution in [0.5, 0.6) is 5.75 Å². The van der Waals surface area contributed by atoms with Gasteiger partial charge in [0.05, 0.1) is 5.52 Å². The Bertz CT molecular complexity index is 1200. The molecular weight excluding hydrogens is 406 g/mol. The number of para-hydroxylation sites is 1. The van der Waals surface area contributed by atoms with Gasteiger partial charge in [-0.25, -0.2) is 0 Å². The van der Waals surface area contributed by atoms with Gasteiger partial charge in [-0.3, -0.25) is 9.78 Å². The molecule has 1 heterocycles. The molecule has 0 saturated carbocycles. The van der Waals surface area contributed by atoms with Crippen LogP contribution in [0.15, 0.2) is 85.1 Å². The zero-order chi connectivity index (χ0) is 22.9. The molecule has 168 valence electrons. The lowest BCUT2D eigenvalue weighted by molar-refractivity contribution is -0.118. The highest BCUT2D eigenvalue weighted by Crippen LogP contribution is 2.33. The number of ketones is 1. The van der Waals surface area contributed by atoms with E-state index >= 15 is 0 Å². The summed E-state index contributed by atoms with van der Waals surface area (Å²) in [5.41, 5.74) is 5.17. The van der Waals surface area contributed by atoms with Crippen molar-refractivity contribution in [3.63, 3.8) is 0 Å². The standard InChI is InChI=1S/C30H31NO2/c1-2-3-4-8-15-26(32)19-25-21-31-29-18-10-9-17-28(29)30(25)24-14-11-16-27(20-24)33-22-23-12-6-5-7-13-23/h5-7,9-14,16-18,20-21H,2-4,8,15,19,22H2,1H3. The third kappa shape index (κ3) is 6.07. The van der Waals surface area contributed by atoms with Crippen molar-refractivity contribution < 1.29 is 9.53 Å². The number of nitrogens with zero attached hydrogens (tertiary/aromatic N) is 1. The Kier molecular flexibility index (Phi) is 7.86. The number of carbonyl (C=O) groups is 1. The maximum Gasteiger partial charge on any atom is 0.137 e. The van der Waals surface area contributed by atoms with E-state index in [2.05, 4.69) is 42.2 Å². The average molecular weight is 438 g/mol. The van der Waals surface area contributed by atoms with Gasteiger partial charge in [-0.1, -0.05) is 86.8 Å². The fourth-order valence-corrected chi connectivity index (χ4v) is 4.19. The molecule has 4 rings (SSSR count). The zero-order valence-electron chi connectivity index (χ0n) is 19.3. The molecule has 0 N–H and O–H groups in total. The van der Waals surface area contributed by atoms with Crippen molar-refractivity contribution in [3.05, 3.63) is 96.2 Å². The maximum absolute atomic E-state index is 12.8. The van der Waals surface area contributed by atoms with Crippen LogP contribution in [0.3, 0.4) is 0 Å². The number of benzene rings is 3. The Morgan fingerprint density at radius 3 is 2.55 bits per heavy atom. The number of hydrogen-bond donors (Lipinski definition) is 0. The van der Waals surface area contributed by atoms with E-state index in [0.29, 0.717) is 19.4 Å². The molecular formula is C30H31NO2. The SMILES string of the molecule is CCCCCCC(=O)Cc1cnc2ccccc2c1-c1cccc(OCc2ccccc2)c1. The lowest BCUT2D eigenvalue weighted by atomic mass is 9.93. The van der Waals surface area contributed by atoms with Gasteiger partial charge in [-0.05, 0) is 46.9 Å². The summed E-state index contributed by atoms with van der Waals surface area (Å²) >= 11 is 0. The summed E-state index contributed by atoms with van der Waals surface area (Å²) < 4.78 is 6.08. The van der Waals surface area contributed by atoms with Gasteiger partial charge in [0, 0.05) is 24.4 Å². The molecule has 0 bridgehead atoms. The highest BCUT2D eigenvalue weighted by atomic mass is 16.5. The van der Waals surface area contributed by atoms with Crippen LogP contribution in [0.25, 0.3) is 22.0 Å². The minimum atomic E-state index is 0.279. The predicted octanol–water partition coefficient (Wildman–Crippen LogP) is 7.56. The number of carbonyl (C=O) groups excluding carboxylic acids is 1. The van der Waals surface area contributed by atoms with Crippen LogP contribution in [0.4, 0.5) is 0 Å². The Hall–Kier alpha value is -3.46. The number of pyridine rings is 1. The third-order valence-corrected chi connectivity index (χ3v) is 5.92. The molecule has 0 aliphatic carbocycles. The predicted molar refractivity (Wildman–Crippen MR) is 135 cm³/mol. The first-order chi connectivity index (χ1) is 16.2. The van der Waals surface area contributed by atoms with Crippen molar-refractivity contribution >= 4 is 16.7 Å². The zero-order valence-corrected chi connectivity index (χ0v) is 19.3. The molecule has 3 aromatic carbocycles. The molecule has 1 aromatic heterocycles. The molecule has 0 saturated heterocycles. The van der Waals surface area contributed by atoms with Gasteiger partial charge in [-0.2, -0.15) is 0 Å². The normalized spacial score (nSPS) is 10.9. The molecule has 0 aliphatic rings. The summed E-state index contributed by atoms with van der Waals surface area (Å²) in [6.45, 7) is 2.71. The van der Waals surface area contributed by atoms with Crippen molar-refractivity contribution in [2.45, 2.75) is 52.1 Å². The number of unbranched alkanes of at least 4 members (excludes halogenated alkanes) is 3. The van der Waals surface area contributed by atoms with Gasteiger partial charge >= 0.3 is 0 Å². The number of ether oxygens (including phenoxy) is 1. The number of fused-ring (bicyclic) bond motifs is 1. The van der Waals surface area contributed by atoms with E-state index in [1.807, 2.05) is 54.7 Å². The van der Waals surface area contributed by atoms with Gasteiger partial charge in [0.1, 0.15) is 18.1 Å². The Labute approximate surface area is 196 Å². The lowest BCUT2D eigenvalue weighted by Gasteiger charge is -2.14. The Balaban J connectivity index is 1.61. The molecule has 0 aliphatic heterocycles. The molecule has 0 amide bonds. The van der Waals surface area contributed by atoms with Gasteiger partial charge in [0.2, 0.25) is 0 Å². The minimum Gasteiger partial charge on any atom is -0.489 e. The first-order valence-corrected chi connectivity index (χ1v) is 11.9. The topological polar surface area (TPSA) is 39.2 Å². The quantitative estimate of drug-likeness (QED) is 0.227. The summed E-state index contributed by atoms with van der Waals surface area (Å²) in [5.74, 6) is 1.09. The van der Waals surface area contributed by atoms with Gasteiger partial charge < -0.3 is 4.74 Å². The second-order valence-corrected chi connectivity index (χ2v) is 8.50. The van der Waals surface area contributed by atoms with E-state index in [0.717, 1.165) is 51.7 Å². The summed E-state index contributed by atoms with van der Waals surface area (Å²) in [6.07, 6.45) is 7.36. The van der Waals surface area contributed by atoms with E-state index in [-0.39, 0.29) is 5.78 Å². The second kappa shape index (κ2) is 11.4. The van der Waals surface area contributed by atoms with Gasteiger partial charge in [0.15, 0.2) is 0 Å². The molecule has 0 unspecified atom stereocenters. The molecule has 3 nitrogen and oxygen atoms in total. The number of hydrogen-bond acceptors (Lipinski definition) is 3. The number of aromatic nitrogens is 1. The highest BCUT2D eigenvalue weighted by Gasteiger charge is 2.15. The van der Waals surface area contributed by atoms with Crippen LogP contribution >= 0.6 is 0 Å². The number of Topliss-reactive ketones (excluding diaryl/α,β-unsaturated/α-hetero) is 1. The molecule has 0 radical (unpaired) electrons. The van der Waals surface area contributed by atoms with E-state index in [9.17, 15) is 4.79 Å². The van der Waals surface area contributed by atoms with Crippen molar-refractivity contribution in [2.24, 2.45) is 0 Å². The fourth-order valence-electron chi connectivity index (χ4n) is 4.19. The van der Waals surface area contributed by atoms with Crippen LogP contribution in [0.2, 0.25) is 0 Å². The molecule has 3 heteroatoms. The van der Waals surface area contributed by atoms with E-state index in [1.165, 1.54) is 12.8 Å². The summed E-state index contributed by atoms with van der Waals surface area (Å²) in [5, 5.41) is 1.06. The highest BCUT2D eigenvalue weighted by molar-refractivity contribution is 5.98. The first-order valence-electron chi connectivity index (χ1n) is 11.9. The minimum absolute atomic E-state index is 0.279. The largest absolute Gasteiger partial charge is 0.489 e. The Morgan fingerprint density at radius 1 is 0.879 bits per heavy atom. The third-order valence-electron chi connectivity index (χ3n) is 5.92. The van der Waals surface area contributed by atoms with Crippen LogP contribution in [0, 0.1) is 0 Å². The average Bonchev–Trinajstić information content (AvgIpc) is 2.86. The van der Waals surface area contributed by atoms with Crippen LogP contribution < -0.4 is 4.74 Å². The van der Waals surface area contributed by atoms with Crippen LogP contribution in [0.1, 0.15) is 50.2 Å². The van der Waals surface area contributed by atoms with E-state index in [1.54, 1.807) is 0 Å². The summed E-state index contributed by atoms with van der Waals surface area (Å²) in [4.78, 5) is 17.4. The fraction of sp³-hybridized carbons (Fsp3) is 0.267. The molecule has 0 atom stereocenters. The number of rotatable bonds is 11. The maximum atomic E-state index is 12.8. The molecule has 0 fully saturated rings. The first kappa shape index (κ1) is 22.7. The monoisotopic (exact) mass is 437 g/mol. The van der Waals surface area contributed by atoms with Crippen molar-refractivity contribution in [1.29, 1.82) is 0 Å². The van der Waals surface area contributed by atoms with Gasteiger partial charge in [-0.15, -0.1) is 0 Å². The van der Waals surface area contributed by atoms with Crippen molar-refractivity contribution in [3.8, 4) is 16.9 Å².